The zero-order valence-corrected chi connectivity index (χ0v) is 18.2. The minimum atomic E-state index is -0.379. The Balaban J connectivity index is 1.35. The SMILES string of the molecule is Brc1ccc(C2=NN3C(C2)c2ccccc2OC32CCC(c3ccccc3)CC2)o1. The number of nitrogens with zero attached hydrogens (tertiary/aromatic N) is 2. The van der Waals surface area contributed by atoms with Gasteiger partial charge in [0.2, 0.25) is 0 Å². The van der Waals surface area contributed by atoms with Gasteiger partial charge in [-0.3, -0.25) is 0 Å². The Kier molecular flexibility index (Phi) is 4.27. The van der Waals surface area contributed by atoms with E-state index in [9.17, 15) is 0 Å². The van der Waals surface area contributed by atoms with Gasteiger partial charge in [-0.05, 0) is 58.5 Å². The normalized spacial score (nSPS) is 27.4. The monoisotopic (exact) mass is 462 g/mol. The number of ether oxygens (including phenoxy) is 1. The Morgan fingerprint density at radius 2 is 1.70 bits per heavy atom. The first kappa shape index (κ1) is 18.3. The van der Waals surface area contributed by atoms with Gasteiger partial charge in [-0.25, -0.2) is 5.01 Å². The Morgan fingerprint density at radius 1 is 0.933 bits per heavy atom. The third-order valence-electron chi connectivity index (χ3n) is 6.80. The van der Waals surface area contributed by atoms with Gasteiger partial charge in [0.15, 0.2) is 16.2 Å². The van der Waals surface area contributed by atoms with Crippen LogP contribution in [0.1, 0.15) is 61.0 Å². The van der Waals surface area contributed by atoms with Gasteiger partial charge in [0.1, 0.15) is 11.5 Å². The summed E-state index contributed by atoms with van der Waals surface area (Å²) in [6.45, 7) is 0. The van der Waals surface area contributed by atoms with Crippen molar-refractivity contribution in [3.05, 3.63) is 88.3 Å². The third kappa shape index (κ3) is 2.90. The first-order chi connectivity index (χ1) is 14.7. The number of rotatable bonds is 2. The van der Waals surface area contributed by atoms with Crippen LogP contribution >= 0.6 is 15.9 Å². The largest absolute Gasteiger partial charge is 0.466 e. The minimum Gasteiger partial charge on any atom is -0.466 e. The molecule has 1 aliphatic carbocycles. The highest BCUT2D eigenvalue weighted by atomic mass is 79.9. The maximum Gasteiger partial charge on any atom is 0.198 e. The summed E-state index contributed by atoms with van der Waals surface area (Å²) in [6.07, 6.45) is 4.98. The van der Waals surface area contributed by atoms with Crippen molar-refractivity contribution in [2.45, 2.75) is 49.8 Å². The lowest BCUT2D eigenvalue weighted by Gasteiger charge is -2.50. The second kappa shape index (κ2) is 7.02. The second-order valence-electron chi connectivity index (χ2n) is 8.49. The van der Waals surface area contributed by atoms with Crippen molar-refractivity contribution in [2.24, 2.45) is 5.10 Å². The van der Waals surface area contributed by atoms with E-state index in [2.05, 4.69) is 75.5 Å². The maximum absolute atomic E-state index is 6.73. The van der Waals surface area contributed by atoms with Crippen LogP contribution in [-0.2, 0) is 0 Å². The van der Waals surface area contributed by atoms with Gasteiger partial charge in [0, 0.05) is 24.8 Å². The maximum atomic E-state index is 6.73. The summed E-state index contributed by atoms with van der Waals surface area (Å²) < 4.78 is 13.3. The highest BCUT2D eigenvalue weighted by Crippen LogP contribution is 2.53. The van der Waals surface area contributed by atoms with Crippen LogP contribution in [0.2, 0.25) is 0 Å². The lowest BCUT2D eigenvalue weighted by molar-refractivity contribution is -0.142. The molecule has 1 aromatic heterocycles. The van der Waals surface area contributed by atoms with Crippen LogP contribution in [0.3, 0.4) is 0 Å². The zero-order valence-electron chi connectivity index (χ0n) is 16.6. The van der Waals surface area contributed by atoms with Crippen LogP contribution < -0.4 is 4.74 Å². The first-order valence-corrected chi connectivity index (χ1v) is 11.5. The number of fused-ring (bicyclic) bond motifs is 4. The molecule has 3 aromatic rings. The Bertz CT molecular complexity index is 1100. The molecule has 0 N–H and O–H groups in total. The molecular weight excluding hydrogens is 440 g/mol. The van der Waals surface area contributed by atoms with Gasteiger partial charge in [-0.15, -0.1) is 0 Å². The molecule has 2 aromatic carbocycles. The van der Waals surface area contributed by atoms with Crippen LogP contribution in [0.4, 0.5) is 0 Å². The number of furan rings is 1. The molecule has 2 aliphatic heterocycles. The summed E-state index contributed by atoms with van der Waals surface area (Å²) in [6, 6.07) is 23.4. The molecule has 1 saturated carbocycles. The molecule has 4 nitrogen and oxygen atoms in total. The smallest absolute Gasteiger partial charge is 0.198 e. The number of hydrazone groups is 1. The molecular formula is C25H23BrN2O2. The van der Waals surface area contributed by atoms with Crippen LogP contribution in [0, 0.1) is 0 Å². The molecule has 3 heterocycles. The van der Waals surface area contributed by atoms with E-state index in [-0.39, 0.29) is 11.8 Å². The molecule has 152 valence electrons. The van der Waals surface area contributed by atoms with E-state index in [0.29, 0.717) is 5.92 Å². The summed E-state index contributed by atoms with van der Waals surface area (Å²) >= 11 is 3.42. The number of para-hydroxylation sites is 1. The molecule has 3 aliphatic rings. The Hall–Kier alpha value is -2.53. The second-order valence-corrected chi connectivity index (χ2v) is 9.27. The van der Waals surface area contributed by atoms with Gasteiger partial charge in [-0.1, -0.05) is 48.5 Å². The van der Waals surface area contributed by atoms with E-state index in [1.54, 1.807) is 0 Å². The lowest BCUT2D eigenvalue weighted by Crippen LogP contribution is -2.55. The van der Waals surface area contributed by atoms with E-state index in [4.69, 9.17) is 14.3 Å². The molecule has 0 saturated heterocycles. The molecule has 30 heavy (non-hydrogen) atoms. The van der Waals surface area contributed by atoms with Gasteiger partial charge < -0.3 is 9.15 Å². The molecule has 1 fully saturated rings. The summed E-state index contributed by atoms with van der Waals surface area (Å²) in [5, 5.41) is 7.33. The molecule has 0 radical (unpaired) electrons. The zero-order chi connectivity index (χ0) is 20.1. The summed E-state index contributed by atoms with van der Waals surface area (Å²) in [7, 11) is 0. The van der Waals surface area contributed by atoms with Crippen molar-refractivity contribution in [1.82, 2.24) is 5.01 Å². The average molecular weight is 463 g/mol. The molecule has 5 heteroatoms. The Morgan fingerprint density at radius 3 is 2.47 bits per heavy atom. The molecule has 1 spiro atoms. The fourth-order valence-electron chi connectivity index (χ4n) is 5.31. The van der Waals surface area contributed by atoms with Crippen molar-refractivity contribution >= 4 is 21.6 Å². The number of halogens is 1. The van der Waals surface area contributed by atoms with Gasteiger partial charge >= 0.3 is 0 Å². The fourth-order valence-corrected chi connectivity index (χ4v) is 5.61. The molecule has 1 atom stereocenters. The van der Waals surface area contributed by atoms with Crippen LogP contribution in [0.25, 0.3) is 0 Å². The summed E-state index contributed by atoms with van der Waals surface area (Å²) in [5.74, 6) is 2.43. The number of hydrogen-bond donors (Lipinski definition) is 0. The first-order valence-electron chi connectivity index (χ1n) is 10.7. The fraction of sp³-hybridized carbons (Fsp3) is 0.320. The molecule has 1 unspecified atom stereocenters. The highest BCUT2D eigenvalue weighted by molar-refractivity contribution is 9.10. The molecule has 0 bridgehead atoms. The number of benzene rings is 2. The average Bonchev–Trinajstić information content (AvgIpc) is 3.42. The minimum absolute atomic E-state index is 0.196. The summed E-state index contributed by atoms with van der Waals surface area (Å²) in [4.78, 5) is 0. The highest BCUT2D eigenvalue weighted by Gasteiger charge is 2.52. The molecule has 0 amide bonds. The van der Waals surface area contributed by atoms with Crippen LogP contribution in [0.5, 0.6) is 5.75 Å². The van der Waals surface area contributed by atoms with Crippen LogP contribution in [0.15, 0.2) is 80.9 Å². The third-order valence-corrected chi connectivity index (χ3v) is 7.23. The quantitative estimate of drug-likeness (QED) is 0.428. The van der Waals surface area contributed by atoms with Crippen molar-refractivity contribution in [3.8, 4) is 5.75 Å². The van der Waals surface area contributed by atoms with Crippen molar-refractivity contribution in [1.29, 1.82) is 0 Å². The van der Waals surface area contributed by atoms with E-state index in [0.717, 1.165) is 54.0 Å². The predicted molar refractivity (Wildman–Crippen MR) is 120 cm³/mol. The van der Waals surface area contributed by atoms with E-state index < -0.39 is 0 Å². The van der Waals surface area contributed by atoms with Crippen LogP contribution in [-0.4, -0.2) is 16.4 Å². The van der Waals surface area contributed by atoms with Crippen molar-refractivity contribution < 1.29 is 9.15 Å². The van der Waals surface area contributed by atoms with E-state index in [1.165, 1.54) is 11.1 Å². The van der Waals surface area contributed by atoms with Crippen molar-refractivity contribution in [3.63, 3.8) is 0 Å². The predicted octanol–water partition coefficient (Wildman–Crippen LogP) is 6.64. The topological polar surface area (TPSA) is 38.0 Å². The van der Waals surface area contributed by atoms with Gasteiger partial charge in [0.05, 0.1) is 6.04 Å². The summed E-state index contributed by atoms with van der Waals surface area (Å²) in [5.41, 5.74) is 3.27. The number of hydrogen-bond acceptors (Lipinski definition) is 4. The van der Waals surface area contributed by atoms with E-state index >= 15 is 0 Å². The molecule has 6 rings (SSSR count). The lowest BCUT2D eigenvalue weighted by atomic mass is 9.78. The Labute approximate surface area is 184 Å². The standard InChI is InChI=1S/C25H23BrN2O2/c26-24-11-10-23(29-24)20-16-21-19-8-4-5-9-22(19)30-25(28(21)27-20)14-12-18(13-15-25)17-6-2-1-3-7-17/h1-11,18,21H,12-16H2. The van der Waals surface area contributed by atoms with Crippen molar-refractivity contribution in [2.75, 3.05) is 0 Å². The van der Waals surface area contributed by atoms with E-state index in [1.807, 2.05) is 12.1 Å². The van der Waals surface area contributed by atoms with Gasteiger partial charge in [-0.2, -0.15) is 5.10 Å². The van der Waals surface area contributed by atoms with Gasteiger partial charge in [0.25, 0.3) is 0 Å².